The van der Waals surface area contributed by atoms with Crippen molar-refractivity contribution in [3.05, 3.63) is 89.0 Å². The predicted molar refractivity (Wildman–Crippen MR) is 153 cm³/mol. The second-order valence-electron chi connectivity index (χ2n) is 10.4. The number of rotatable bonds is 6. The standard InChI is InChI=1S/C32H37N3O2/c1-23-4-8-25(9-5-23)26-10-13-31-28(20-26)21-27(14-17-34(31)2)32(36)33-29-11-6-24(7-12-29)22-35(3)30-15-18-37-19-16-30/h4-13,20-21,30H,14-19,22H2,1-3H3,(H,33,36). The molecule has 2 heterocycles. The average Bonchev–Trinajstić information content (AvgIpc) is 3.09. The lowest BCUT2D eigenvalue weighted by Gasteiger charge is -2.31. The van der Waals surface area contributed by atoms with Gasteiger partial charge in [-0.25, -0.2) is 0 Å². The number of hydrogen-bond acceptors (Lipinski definition) is 4. The normalized spacial score (nSPS) is 16.2. The molecule has 0 spiro atoms. The Balaban J connectivity index is 1.29. The van der Waals surface area contributed by atoms with Gasteiger partial charge >= 0.3 is 0 Å². The van der Waals surface area contributed by atoms with Gasteiger partial charge in [-0.3, -0.25) is 9.69 Å². The fourth-order valence-corrected chi connectivity index (χ4v) is 5.24. The molecule has 5 heteroatoms. The van der Waals surface area contributed by atoms with Crippen LogP contribution in [0.25, 0.3) is 17.2 Å². The first kappa shape index (κ1) is 25.2. The molecule has 192 valence electrons. The van der Waals surface area contributed by atoms with Crippen LogP contribution in [-0.4, -0.2) is 50.7 Å². The summed E-state index contributed by atoms with van der Waals surface area (Å²) in [6, 6.07) is 23.9. The third kappa shape index (κ3) is 6.12. The molecule has 2 aliphatic heterocycles. The van der Waals surface area contributed by atoms with Crippen LogP contribution in [0.1, 0.15) is 36.0 Å². The Kier molecular flexibility index (Phi) is 7.73. The molecule has 0 bridgehead atoms. The fourth-order valence-electron chi connectivity index (χ4n) is 5.24. The number of nitrogens with zero attached hydrogens (tertiary/aromatic N) is 2. The highest BCUT2D eigenvalue weighted by atomic mass is 16.5. The van der Waals surface area contributed by atoms with Crippen molar-refractivity contribution in [2.24, 2.45) is 0 Å². The smallest absolute Gasteiger partial charge is 0.251 e. The predicted octanol–water partition coefficient (Wildman–Crippen LogP) is 6.13. The molecule has 1 saturated heterocycles. The minimum absolute atomic E-state index is 0.0333. The number of anilines is 2. The third-order valence-corrected chi connectivity index (χ3v) is 7.62. The Morgan fingerprint density at radius 1 is 1.00 bits per heavy atom. The van der Waals surface area contributed by atoms with E-state index in [2.05, 4.69) is 96.8 Å². The molecule has 1 N–H and O–H groups in total. The highest BCUT2D eigenvalue weighted by molar-refractivity contribution is 6.07. The van der Waals surface area contributed by atoms with E-state index in [4.69, 9.17) is 4.74 Å². The van der Waals surface area contributed by atoms with Crippen LogP contribution in [0.3, 0.4) is 0 Å². The summed E-state index contributed by atoms with van der Waals surface area (Å²) < 4.78 is 5.49. The Morgan fingerprint density at radius 2 is 1.70 bits per heavy atom. The molecule has 0 aromatic heterocycles. The molecule has 5 rings (SSSR count). The first-order valence-corrected chi connectivity index (χ1v) is 13.3. The molecule has 0 saturated carbocycles. The van der Waals surface area contributed by atoms with Gasteiger partial charge in [-0.1, -0.05) is 48.0 Å². The quantitative estimate of drug-likeness (QED) is 0.447. The molecule has 1 amide bonds. The zero-order valence-corrected chi connectivity index (χ0v) is 22.2. The molecular formula is C32H37N3O2. The van der Waals surface area contributed by atoms with Gasteiger partial charge in [0.15, 0.2) is 0 Å². The van der Waals surface area contributed by atoms with Crippen molar-refractivity contribution < 1.29 is 9.53 Å². The highest BCUT2D eigenvalue weighted by Crippen LogP contribution is 2.32. The van der Waals surface area contributed by atoms with E-state index >= 15 is 0 Å². The molecule has 0 aliphatic carbocycles. The van der Waals surface area contributed by atoms with E-state index in [1.54, 1.807) is 0 Å². The van der Waals surface area contributed by atoms with E-state index in [-0.39, 0.29) is 5.91 Å². The number of aryl methyl sites for hydroxylation is 1. The second kappa shape index (κ2) is 11.3. The summed E-state index contributed by atoms with van der Waals surface area (Å²) in [6.07, 6.45) is 4.93. The molecule has 2 aliphatic rings. The van der Waals surface area contributed by atoms with Gasteiger partial charge < -0.3 is 15.0 Å². The summed E-state index contributed by atoms with van der Waals surface area (Å²) in [7, 11) is 4.28. The van der Waals surface area contributed by atoms with Crippen LogP contribution in [0.4, 0.5) is 11.4 Å². The lowest BCUT2D eigenvalue weighted by Crippen LogP contribution is -2.36. The van der Waals surface area contributed by atoms with Crippen molar-refractivity contribution in [3.63, 3.8) is 0 Å². The van der Waals surface area contributed by atoms with Crippen molar-refractivity contribution >= 4 is 23.4 Å². The van der Waals surface area contributed by atoms with Gasteiger partial charge in [0.1, 0.15) is 0 Å². The van der Waals surface area contributed by atoms with Crippen molar-refractivity contribution in [1.29, 1.82) is 0 Å². The van der Waals surface area contributed by atoms with E-state index in [1.807, 2.05) is 12.1 Å². The Labute approximate surface area is 220 Å². The summed E-state index contributed by atoms with van der Waals surface area (Å²) >= 11 is 0. The van der Waals surface area contributed by atoms with E-state index < -0.39 is 0 Å². The number of carbonyl (C=O) groups excluding carboxylic acids is 1. The zero-order valence-electron chi connectivity index (χ0n) is 22.2. The third-order valence-electron chi connectivity index (χ3n) is 7.62. The van der Waals surface area contributed by atoms with Crippen LogP contribution in [0.2, 0.25) is 0 Å². The number of nitrogens with one attached hydrogen (secondary N) is 1. The van der Waals surface area contributed by atoms with E-state index in [9.17, 15) is 4.79 Å². The summed E-state index contributed by atoms with van der Waals surface area (Å²) in [4.78, 5) is 17.9. The van der Waals surface area contributed by atoms with Gasteiger partial charge in [0.25, 0.3) is 5.91 Å². The van der Waals surface area contributed by atoms with Gasteiger partial charge in [0, 0.05) is 56.3 Å². The van der Waals surface area contributed by atoms with E-state index in [0.717, 1.165) is 67.2 Å². The SMILES string of the molecule is Cc1ccc(-c2ccc3c(c2)C=C(C(=O)Nc2ccc(CN(C)C4CCOCC4)cc2)CCN3C)cc1. The Morgan fingerprint density at radius 3 is 2.43 bits per heavy atom. The van der Waals surface area contributed by atoms with Crippen LogP contribution in [0.15, 0.2) is 72.3 Å². The second-order valence-corrected chi connectivity index (χ2v) is 10.4. The molecule has 37 heavy (non-hydrogen) atoms. The van der Waals surface area contributed by atoms with Gasteiger partial charge in [-0.15, -0.1) is 0 Å². The molecule has 3 aromatic carbocycles. The van der Waals surface area contributed by atoms with Crippen LogP contribution in [0, 0.1) is 6.92 Å². The summed E-state index contributed by atoms with van der Waals surface area (Å²) in [5.41, 5.74) is 8.70. The number of amides is 1. The molecule has 5 nitrogen and oxygen atoms in total. The summed E-state index contributed by atoms with van der Waals surface area (Å²) in [6.45, 7) is 5.50. The maximum absolute atomic E-state index is 13.3. The van der Waals surface area contributed by atoms with Crippen molar-refractivity contribution in [2.45, 2.75) is 38.8 Å². The average molecular weight is 496 g/mol. The molecule has 0 atom stereocenters. The van der Waals surface area contributed by atoms with Crippen LogP contribution >= 0.6 is 0 Å². The fraction of sp³-hybridized carbons (Fsp3) is 0.344. The number of fused-ring (bicyclic) bond motifs is 1. The summed E-state index contributed by atoms with van der Waals surface area (Å²) in [5.74, 6) is -0.0333. The molecule has 3 aromatic rings. The minimum Gasteiger partial charge on any atom is -0.381 e. The van der Waals surface area contributed by atoms with Crippen molar-refractivity contribution in [1.82, 2.24) is 4.90 Å². The summed E-state index contributed by atoms with van der Waals surface area (Å²) in [5, 5.41) is 3.13. The Hall–Kier alpha value is -3.41. The van der Waals surface area contributed by atoms with Gasteiger partial charge in [0.05, 0.1) is 0 Å². The molecular weight excluding hydrogens is 458 g/mol. The molecule has 0 unspecified atom stereocenters. The number of hydrogen-bond donors (Lipinski definition) is 1. The monoisotopic (exact) mass is 495 g/mol. The van der Waals surface area contributed by atoms with Gasteiger partial charge in [-0.2, -0.15) is 0 Å². The zero-order chi connectivity index (χ0) is 25.8. The molecule has 0 radical (unpaired) electrons. The maximum Gasteiger partial charge on any atom is 0.251 e. The lowest BCUT2D eigenvalue weighted by atomic mass is 9.99. The number of benzene rings is 3. The topological polar surface area (TPSA) is 44.8 Å². The maximum atomic E-state index is 13.3. The largest absolute Gasteiger partial charge is 0.381 e. The van der Waals surface area contributed by atoms with Crippen molar-refractivity contribution in [2.75, 3.05) is 44.1 Å². The van der Waals surface area contributed by atoms with Crippen LogP contribution < -0.4 is 10.2 Å². The number of ether oxygens (including phenoxy) is 1. The Bertz CT molecular complexity index is 1260. The van der Waals surface area contributed by atoms with Crippen molar-refractivity contribution in [3.8, 4) is 11.1 Å². The number of carbonyl (C=O) groups is 1. The van der Waals surface area contributed by atoms with E-state index in [1.165, 1.54) is 16.7 Å². The molecule has 1 fully saturated rings. The lowest BCUT2D eigenvalue weighted by molar-refractivity contribution is -0.112. The van der Waals surface area contributed by atoms with Gasteiger partial charge in [0.2, 0.25) is 0 Å². The van der Waals surface area contributed by atoms with E-state index in [0.29, 0.717) is 12.5 Å². The van der Waals surface area contributed by atoms with Gasteiger partial charge in [-0.05, 0) is 85.8 Å². The van der Waals surface area contributed by atoms with Crippen LogP contribution in [0.5, 0.6) is 0 Å². The first-order valence-electron chi connectivity index (χ1n) is 13.3. The first-order chi connectivity index (χ1) is 18.0. The van der Waals surface area contributed by atoms with Crippen LogP contribution in [-0.2, 0) is 16.1 Å². The minimum atomic E-state index is -0.0333. The highest BCUT2D eigenvalue weighted by Gasteiger charge is 2.20.